The predicted molar refractivity (Wildman–Crippen MR) is 68.1 cm³/mol. The largest absolute Gasteiger partial charge is 0.312 e. The molecule has 0 bridgehead atoms. The van der Waals surface area contributed by atoms with E-state index in [1.54, 1.807) is 0 Å². The second-order valence-electron chi connectivity index (χ2n) is 3.77. The maximum absolute atomic E-state index is 3.69. The number of hydrogen-bond donors (Lipinski definition) is 1. The molecule has 0 aromatic heterocycles. The van der Waals surface area contributed by atoms with Gasteiger partial charge < -0.3 is 5.32 Å². The summed E-state index contributed by atoms with van der Waals surface area (Å²) < 4.78 is 0. The molecule has 3 heteroatoms. The fourth-order valence-corrected chi connectivity index (χ4v) is 2.05. The lowest BCUT2D eigenvalue weighted by Crippen LogP contribution is -2.43. The fraction of sp³-hybridized carbons (Fsp3) is 0.818. The van der Waals surface area contributed by atoms with Crippen LogP contribution in [0.25, 0.3) is 0 Å². The Morgan fingerprint density at radius 1 is 1.43 bits per heavy atom. The van der Waals surface area contributed by atoms with Gasteiger partial charge in [0.15, 0.2) is 0 Å². The first kappa shape index (κ1) is 14.0. The van der Waals surface area contributed by atoms with Crippen LogP contribution in [0.1, 0.15) is 13.8 Å². The lowest BCUT2D eigenvalue weighted by atomic mass is 10.2. The molecule has 0 aliphatic rings. The van der Waals surface area contributed by atoms with Crippen LogP contribution >= 0.6 is 11.8 Å². The molecule has 0 heterocycles. The van der Waals surface area contributed by atoms with Gasteiger partial charge in [-0.1, -0.05) is 6.08 Å². The molecule has 0 saturated heterocycles. The minimum Gasteiger partial charge on any atom is -0.312 e. The molecule has 84 valence electrons. The number of hydrogen-bond acceptors (Lipinski definition) is 3. The first-order valence-corrected chi connectivity index (χ1v) is 6.55. The topological polar surface area (TPSA) is 15.3 Å². The van der Waals surface area contributed by atoms with E-state index in [1.165, 1.54) is 5.75 Å². The van der Waals surface area contributed by atoms with Crippen LogP contribution in [-0.4, -0.2) is 49.1 Å². The van der Waals surface area contributed by atoms with Gasteiger partial charge in [0.05, 0.1) is 0 Å². The highest BCUT2D eigenvalue weighted by atomic mass is 32.2. The highest BCUT2D eigenvalue weighted by Gasteiger charge is 2.14. The lowest BCUT2D eigenvalue weighted by Gasteiger charge is -2.30. The second-order valence-corrected chi connectivity index (χ2v) is 4.68. The molecular formula is C11H24N2S. The van der Waals surface area contributed by atoms with Crippen LogP contribution in [0.3, 0.4) is 0 Å². The molecule has 0 aromatic rings. The average Bonchev–Trinajstić information content (AvgIpc) is 2.17. The number of nitrogens with one attached hydrogen (secondary N) is 1. The van der Waals surface area contributed by atoms with Crippen molar-refractivity contribution in [3.05, 3.63) is 12.7 Å². The summed E-state index contributed by atoms with van der Waals surface area (Å²) in [6, 6.07) is 1.22. The van der Waals surface area contributed by atoms with E-state index in [9.17, 15) is 0 Å². The van der Waals surface area contributed by atoms with E-state index in [-0.39, 0.29) is 0 Å². The molecule has 0 aliphatic carbocycles. The normalized spacial score (nSPS) is 15.5. The standard InChI is InChI=1S/C11H24N2S/c1-6-7-12-8-10(2)13(4)11(3)9-14-5/h6,10-12H,1,7-9H2,2-5H3. The number of likely N-dealkylation sites (N-methyl/N-ethyl adjacent to an activating group) is 1. The first-order valence-electron chi connectivity index (χ1n) is 5.16. The third kappa shape index (κ3) is 5.68. The van der Waals surface area contributed by atoms with Gasteiger partial charge in [-0.15, -0.1) is 6.58 Å². The van der Waals surface area contributed by atoms with E-state index in [0.717, 1.165) is 13.1 Å². The minimum absolute atomic E-state index is 0.581. The Morgan fingerprint density at radius 3 is 2.57 bits per heavy atom. The molecule has 0 amide bonds. The zero-order valence-electron chi connectivity index (χ0n) is 9.92. The van der Waals surface area contributed by atoms with Crippen molar-refractivity contribution in [1.29, 1.82) is 0 Å². The molecule has 0 fully saturated rings. The van der Waals surface area contributed by atoms with E-state index in [4.69, 9.17) is 0 Å². The molecule has 2 atom stereocenters. The van der Waals surface area contributed by atoms with Crippen molar-refractivity contribution in [3.63, 3.8) is 0 Å². The highest BCUT2D eigenvalue weighted by Crippen LogP contribution is 2.06. The average molecular weight is 216 g/mol. The van der Waals surface area contributed by atoms with Gasteiger partial charge in [0.2, 0.25) is 0 Å². The molecule has 0 spiro atoms. The van der Waals surface area contributed by atoms with Crippen molar-refractivity contribution >= 4 is 11.8 Å². The Hall–Kier alpha value is 0.0100. The molecule has 2 nitrogen and oxygen atoms in total. The summed E-state index contributed by atoms with van der Waals surface area (Å²) in [4.78, 5) is 2.42. The van der Waals surface area contributed by atoms with Crippen LogP contribution in [-0.2, 0) is 0 Å². The summed E-state index contributed by atoms with van der Waals surface area (Å²) in [6.07, 6.45) is 4.06. The van der Waals surface area contributed by atoms with Crippen LogP contribution in [0.5, 0.6) is 0 Å². The van der Waals surface area contributed by atoms with E-state index in [1.807, 2.05) is 17.8 Å². The monoisotopic (exact) mass is 216 g/mol. The van der Waals surface area contributed by atoms with Gasteiger partial charge in [-0.3, -0.25) is 4.90 Å². The maximum atomic E-state index is 3.69. The van der Waals surface area contributed by atoms with E-state index in [0.29, 0.717) is 12.1 Å². The Kier molecular flexibility index (Phi) is 8.34. The third-order valence-corrected chi connectivity index (χ3v) is 3.34. The van der Waals surface area contributed by atoms with Crippen LogP contribution in [0, 0.1) is 0 Å². The van der Waals surface area contributed by atoms with Gasteiger partial charge in [0.25, 0.3) is 0 Å². The fourth-order valence-electron chi connectivity index (χ4n) is 1.33. The summed E-state index contributed by atoms with van der Waals surface area (Å²) in [5.74, 6) is 1.20. The molecule has 0 aliphatic heterocycles. The van der Waals surface area contributed by atoms with Crippen molar-refractivity contribution in [2.24, 2.45) is 0 Å². The molecule has 1 N–H and O–H groups in total. The number of nitrogens with zero attached hydrogens (tertiary/aromatic N) is 1. The number of rotatable bonds is 8. The van der Waals surface area contributed by atoms with Crippen molar-refractivity contribution in [2.75, 3.05) is 32.1 Å². The molecular weight excluding hydrogens is 192 g/mol. The van der Waals surface area contributed by atoms with Crippen LogP contribution < -0.4 is 5.32 Å². The van der Waals surface area contributed by atoms with E-state index in [2.05, 4.69) is 43.9 Å². The summed E-state index contributed by atoms with van der Waals surface area (Å²) in [6.45, 7) is 10.1. The van der Waals surface area contributed by atoms with Crippen molar-refractivity contribution in [3.8, 4) is 0 Å². The zero-order valence-corrected chi connectivity index (χ0v) is 10.7. The zero-order chi connectivity index (χ0) is 11.0. The van der Waals surface area contributed by atoms with E-state index >= 15 is 0 Å². The smallest absolute Gasteiger partial charge is 0.0192 e. The SMILES string of the molecule is C=CCNCC(C)N(C)C(C)CSC. The molecule has 2 unspecified atom stereocenters. The summed E-state index contributed by atoms with van der Waals surface area (Å²) >= 11 is 1.91. The molecule has 0 aromatic carbocycles. The summed E-state index contributed by atoms with van der Waals surface area (Å²) in [7, 11) is 2.20. The lowest BCUT2D eigenvalue weighted by molar-refractivity contribution is 0.208. The predicted octanol–water partition coefficient (Wildman–Crippen LogP) is 1.83. The van der Waals surface area contributed by atoms with Crippen molar-refractivity contribution in [1.82, 2.24) is 10.2 Å². The Morgan fingerprint density at radius 2 is 2.07 bits per heavy atom. The Bertz CT molecular complexity index is 150. The second kappa shape index (κ2) is 8.33. The van der Waals surface area contributed by atoms with Gasteiger partial charge in [-0.25, -0.2) is 0 Å². The summed E-state index contributed by atoms with van der Waals surface area (Å²) in [5.41, 5.74) is 0. The molecule has 0 saturated carbocycles. The van der Waals surface area contributed by atoms with Crippen LogP contribution in [0.15, 0.2) is 12.7 Å². The van der Waals surface area contributed by atoms with Crippen molar-refractivity contribution < 1.29 is 0 Å². The van der Waals surface area contributed by atoms with Gasteiger partial charge >= 0.3 is 0 Å². The first-order chi connectivity index (χ1) is 6.63. The van der Waals surface area contributed by atoms with Crippen LogP contribution in [0.2, 0.25) is 0 Å². The molecule has 14 heavy (non-hydrogen) atoms. The molecule has 0 radical (unpaired) electrons. The van der Waals surface area contributed by atoms with Crippen molar-refractivity contribution in [2.45, 2.75) is 25.9 Å². The maximum Gasteiger partial charge on any atom is 0.0192 e. The summed E-state index contributed by atoms with van der Waals surface area (Å²) in [5, 5.41) is 3.35. The Labute approximate surface area is 93.1 Å². The van der Waals surface area contributed by atoms with Gasteiger partial charge in [-0.05, 0) is 27.2 Å². The third-order valence-electron chi connectivity index (χ3n) is 2.53. The van der Waals surface area contributed by atoms with Gasteiger partial charge in [-0.2, -0.15) is 11.8 Å². The van der Waals surface area contributed by atoms with Crippen LogP contribution in [0.4, 0.5) is 0 Å². The minimum atomic E-state index is 0.581. The number of thioether (sulfide) groups is 1. The Balaban J connectivity index is 3.73. The van der Waals surface area contributed by atoms with Gasteiger partial charge in [0.1, 0.15) is 0 Å². The quantitative estimate of drug-likeness (QED) is 0.492. The van der Waals surface area contributed by atoms with E-state index < -0.39 is 0 Å². The van der Waals surface area contributed by atoms with Gasteiger partial charge in [0, 0.05) is 30.9 Å². The highest BCUT2D eigenvalue weighted by molar-refractivity contribution is 7.98. The molecule has 0 rings (SSSR count).